The Hall–Kier alpha value is -3.79. The molecule has 0 radical (unpaired) electrons. The van der Waals surface area contributed by atoms with Gasteiger partial charge in [0.15, 0.2) is 0 Å². The average Bonchev–Trinajstić information content (AvgIpc) is 2.92. The van der Waals surface area contributed by atoms with Gasteiger partial charge in [-0.05, 0) is 63.8 Å². The van der Waals surface area contributed by atoms with Crippen LogP contribution >= 0.6 is 0 Å². The van der Waals surface area contributed by atoms with Crippen LogP contribution in [0.1, 0.15) is 90.0 Å². The molecule has 3 unspecified atom stereocenters. The molecular weight excluding hydrogens is 502 g/mol. The highest BCUT2D eigenvalue weighted by molar-refractivity contribution is 5.92. The van der Waals surface area contributed by atoms with E-state index in [9.17, 15) is 14.4 Å². The molecule has 0 aliphatic carbocycles. The third-order valence-electron chi connectivity index (χ3n) is 6.59. The zero-order valence-electron chi connectivity index (χ0n) is 24.8. The van der Waals surface area contributed by atoms with Crippen molar-refractivity contribution in [1.29, 1.82) is 0 Å². The zero-order valence-corrected chi connectivity index (χ0v) is 24.8. The minimum absolute atomic E-state index is 0.243. The number of carbonyl (C=O) groups excluding carboxylic acids is 3. The lowest BCUT2D eigenvalue weighted by Gasteiger charge is -2.38. The molecule has 7 nitrogen and oxygen atoms in total. The number of benzene rings is 2. The molecule has 0 aromatic heterocycles. The van der Waals surface area contributed by atoms with Crippen LogP contribution in [0.3, 0.4) is 0 Å². The molecule has 0 saturated carbocycles. The Balaban J connectivity index is 2.54. The first-order valence-electron chi connectivity index (χ1n) is 14.2. The Morgan fingerprint density at radius 1 is 1.00 bits per heavy atom. The number of hydrogen-bond donors (Lipinski definition) is 2. The Morgan fingerprint density at radius 3 is 2.20 bits per heavy atom. The van der Waals surface area contributed by atoms with Gasteiger partial charge in [-0.15, -0.1) is 6.42 Å². The number of nitrogens with zero attached hydrogens (tertiary/aromatic N) is 1. The summed E-state index contributed by atoms with van der Waals surface area (Å²) in [6.45, 7) is 11.8. The monoisotopic (exact) mass is 547 g/mol. The van der Waals surface area contributed by atoms with Crippen LogP contribution in [0.25, 0.3) is 0 Å². The second-order valence-corrected chi connectivity index (χ2v) is 11.1. The molecule has 0 heterocycles. The number of unbranched alkanes of at least 4 members (excludes halogenated alkanes) is 2. The summed E-state index contributed by atoms with van der Waals surface area (Å²) in [5.74, 6) is 1.97. The summed E-state index contributed by atoms with van der Waals surface area (Å²) in [6, 6.07) is 14.4. The van der Waals surface area contributed by atoms with Crippen molar-refractivity contribution in [2.45, 2.75) is 97.4 Å². The van der Waals surface area contributed by atoms with Gasteiger partial charge in [-0.2, -0.15) is 0 Å². The van der Waals surface area contributed by atoms with E-state index in [2.05, 4.69) is 23.5 Å². The summed E-state index contributed by atoms with van der Waals surface area (Å²) in [5, 5.41) is 5.83. The van der Waals surface area contributed by atoms with Crippen LogP contribution in [0.4, 0.5) is 4.79 Å². The molecule has 0 spiro atoms. The van der Waals surface area contributed by atoms with Gasteiger partial charge in [0.1, 0.15) is 17.7 Å². The van der Waals surface area contributed by atoms with Gasteiger partial charge < -0.3 is 20.3 Å². The predicted molar refractivity (Wildman–Crippen MR) is 160 cm³/mol. The fourth-order valence-corrected chi connectivity index (χ4v) is 4.36. The maximum atomic E-state index is 14.4. The summed E-state index contributed by atoms with van der Waals surface area (Å²) in [6.07, 6.45) is 8.60. The average molecular weight is 548 g/mol. The Morgan fingerprint density at radius 2 is 1.65 bits per heavy atom. The molecule has 0 fully saturated rings. The summed E-state index contributed by atoms with van der Waals surface area (Å²) in [4.78, 5) is 42.6. The highest BCUT2D eigenvalue weighted by Crippen LogP contribution is 2.27. The first-order chi connectivity index (χ1) is 19.0. The molecule has 3 amide bonds. The van der Waals surface area contributed by atoms with Crippen LogP contribution < -0.4 is 10.6 Å². The third-order valence-corrected chi connectivity index (χ3v) is 6.59. The second kappa shape index (κ2) is 15.7. The molecule has 0 aliphatic rings. The first-order valence-corrected chi connectivity index (χ1v) is 14.2. The Labute approximate surface area is 240 Å². The summed E-state index contributed by atoms with van der Waals surface area (Å²) in [5.41, 5.74) is 1.47. The van der Waals surface area contributed by atoms with Crippen molar-refractivity contribution in [2.75, 3.05) is 6.54 Å². The van der Waals surface area contributed by atoms with Crippen LogP contribution in [0.5, 0.6) is 0 Å². The fraction of sp³-hybridized carbons (Fsp3) is 0.485. The van der Waals surface area contributed by atoms with E-state index in [1.165, 1.54) is 0 Å². The highest BCUT2D eigenvalue weighted by Gasteiger charge is 2.38. The van der Waals surface area contributed by atoms with Crippen molar-refractivity contribution in [3.8, 4) is 12.3 Å². The van der Waals surface area contributed by atoms with Gasteiger partial charge in [-0.1, -0.05) is 75.1 Å². The number of amides is 3. The molecule has 2 N–H and O–H groups in total. The molecule has 216 valence electrons. The lowest BCUT2D eigenvalue weighted by atomic mass is 9.97. The molecule has 0 saturated heterocycles. The van der Waals surface area contributed by atoms with Crippen molar-refractivity contribution in [3.63, 3.8) is 0 Å². The number of hydrogen-bond acceptors (Lipinski definition) is 4. The molecule has 0 bridgehead atoms. The van der Waals surface area contributed by atoms with Crippen LogP contribution in [-0.2, 0) is 20.7 Å². The normalized spacial score (nSPS) is 13.3. The molecule has 40 heavy (non-hydrogen) atoms. The smallest absolute Gasteiger partial charge is 0.408 e. The topological polar surface area (TPSA) is 87.7 Å². The van der Waals surface area contributed by atoms with Crippen LogP contribution in [0.15, 0.2) is 54.6 Å². The first kappa shape index (κ1) is 32.4. The molecule has 7 heteroatoms. The molecule has 3 atom stereocenters. The van der Waals surface area contributed by atoms with E-state index < -0.39 is 23.8 Å². The minimum atomic E-state index is -0.952. The van der Waals surface area contributed by atoms with Gasteiger partial charge >= 0.3 is 6.09 Å². The number of rotatable bonds is 13. The summed E-state index contributed by atoms with van der Waals surface area (Å²) in [7, 11) is 0. The maximum absolute atomic E-state index is 14.4. The number of nitrogens with one attached hydrogen (secondary N) is 2. The molecule has 0 aliphatic heterocycles. The van der Waals surface area contributed by atoms with Gasteiger partial charge in [0, 0.05) is 24.6 Å². The van der Waals surface area contributed by atoms with E-state index in [0.717, 1.165) is 24.8 Å². The highest BCUT2D eigenvalue weighted by atomic mass is 16.6. The van der Waals surface area contributed by atoms with E-state index in [1.54, 1.807) is 49.9 Å². The van der Waals surface area contributed by atoms with Gasteiger partial charge in [0.25, 0.3) is 0 Å². The maximum Gasteiger partial charge on any atom is 0.408 e. The molecule has 2 aromatic rings. The van der Waals surface area contributed by atoms with Crippen LogP contribution in [-0.4, -0.2) is 47.0 Å². The summed E-state index contributed by atoms with van der Waals surface area (Å²) >= 11 is 0. The summed E-state index contributed by atoms with van der Waals surface area (Å²) < 4.78 is 5.50. The SMILES string of the molecule is C#Cc1ccc(C(C(=O)NCCCCC)N(C(=O)C(Cc2ccccc2)NC(=O)OC(C)(C)C)C(C)CC)cc1. The van der Waals surface area contributed by atoms with Gasteiger partial charge in [-0.25, -0.2) is 4.79 Å². The third kappa shape index (κ3) is 10.1. The number of carbonyl (C=O) groups is 3. The van der Waals surface area contributed by atoms with Gasteiger partial charge in [-0.3, -0.25) is 9.59 Å². The Kier molecular flexibility index (Phi) is 12.7. The van der Waals surface area contributed by atoms with Crippen molar-refractivity contribution < 1.29 is 19.1 Å². The zero-order chi connectivity index (χ0) is 29.7. The van der Waals surface area contributed by atoms with Crippen molar-refractivity contribution in [3.05, 3.63) is 71.3 Å². The second-order valence-electron chi connectivity index (χ2n) is 11.1. The van der Waals surface area contributed by atoms with Gasteiger partial charge in [0.05, 0.1) is 0 Å². The minimum Gasteiger partial charge on any atom is -0.444 e. The van der Waals surface area contributed by atoms with Crippen molar-refractivity contribution >= 4 is 17.9 Å². The van der Waals surface area contributed by atoms with Crippen LogP contribution in [0, 0.1) is 12.3 Å². The Bertz CT molecular complexity index is 1130. The van der Waals surface area contributed by atoms with Gasteiger partial charge in [0.2, 0.25) is 11.8 Å². The van der Waals surface area contributed by atoms with E-state index in [-0.39, 0.29) is 24.3 Å². The van der Waals surface area contributed by atoms with E-state index >= 15 is 0 Å². The standard InChI is InChI=1S/C33H45N3O4/c1-8-11-15-22-34-30(37)29(27-20-18-25(10-3)19-21-27)36(24(4)9-2)31(38)28(23-26-16-13-12-14-17-26)35-32(39)40-33(5,6)7/h3,12-14,16-21,24,28-29H,8-9,11,15,22-23H2,1-2,4-7H3,(H,34,37)(H,35,39). The number of terminal acetylenes is 1. The molecule has 2 rings (SSSR count). The fourth-order valence-electron chi connectivity index (χ4n) is 4.36. The number of ether oxygens (including phenoxy) is 1. The molecule has 2 aromatic carbocycles. The largest absolute Gasteiger partial charge is 0.444 e. The molecular formula is C33H45N3O4. The quantitative estimate of drug-likeness (QED) is 0.246. The van der Waals surface area contributed by atoms with Crippen molar-refractivity contribution in [2.24, 2.45) is 0 Å². The lowest BCUT2D eigenvalue weighted by molar-refractivity contribution is -0.145. The van der Waals surface area contributed by atoms with E-state index in [1.807, 2.05) is 44.2 Å². The van der Waals surface area contributed by atoms with Crippen LogP contribution in [0.2, 0.25) is 0 Å². The number of alkyl carbamates (subject to hydrolysis) is 1. The van der Waals surface area contributed by atoms with E-state index in [0.29, 0.717) is 24.1 Å². The lowest BCUT2D eigenvalue weighted by Crippen LogP contribution is -2.56. The van der Waals surface area contributed by atoms with Crippen molar-refractivity contribution in [1.82, 2.24) is 15.5 Å². The predicted octanol–water partition coefficient (Wildman–Crippen LogP) is 5.78. The van der Waals surface area contributed by atoms with E-state index in [4.69, 9.17) is 11.2 Å².